The van der Waals surface area contributed by atoms with E-state index in [0.29, 0.717) is 0 Å². The van der Waals surface area contributed by atoms with Gasteiger partial charge in [0.2, 0.25) is 0 Å². The molecule has 4 heteroatoms. The maximum absolute atomic E-state index is 11.9. The smallest absolute Gasteiger partial charge is 0.319 e. The fraction of sp³-hybridized carbons (Fsp3) is 0.375. The Morgan fingerprint density at radius 1 is 0.650 bits per heavy atom. The van der Waals surface area contributed by atoms with Crippen LogP contribution in [-0.4, -0.2) is 22.2 Å². The van der Waals surface area contributed by atoms with Crippen molar-refractivity contribution in [3.8, 4) is 0 Å². The molecule has 0 aliphatic carbocycles. The molecule has 0 aliphatic heterocycles. The van der Waals surface area contributed by atoms with Crippen molar-refractivity contribution in [3.63, 3.8) is 0 Å². The highest BCUT2D eigenvalue weighted by atomic mass is 16.4. The molecule has 0 aromatic rings. The van der Waals surface area contributed by atoms with Crippen LogP contribution in [0, 0.1) is 10.8 Å². The molecule has 0 heterocycles. The summed E-state index contributed by atoms with van der Waals surface area (Å²) in [4.78, 5) is 23.7. The van der Waals surface area contributed by atoms with Gasteiger partial charge >= 0.3 is 11.9 Å². The second-order valence-electron chi connectivity index (χ2n) is 4.35. The summed E-state index contributed by atoms with van der Waals surface area (Å²) in [5.41, 5.74) is -3.36. The maximum Gasteiger partial charge on any atom is 0.319 e. The second-order valence-corrected chi connectivity index (χ2v) is 4.35. The lowest BCUT2D eigenvalue weighted by atomic mass is 9.62. The predicted octanol–water partition coefficient (Wildman–Crippen LogP) is 3.43. The van der Waals surface area contributed by atoms with Gasteiger partial charge in [-0.15, -0.1) is 0 Å². The molecule has 0 aliphatic rings. The van der Waals surface area contributed by atoms with Gasteiger partial charge in [0.15, 0.2) is 0 Å². The lowest BCUT2D eigenvalue weighted by Gasteiger charge is -2.37. The molecule has 2 N–H and O–H groups in total. The van der Waals surface area contributed by atoms with Crippen LogP contribution in [0.4, 0.5) is 0 Å². The summed E-state index contributed by atoms with van der Waals surface area (Å²) in [6.45, 7) is 6.66. The van der Waals surface area contributed by atoms with E-state index >= 15 is 0 Å². The zero-order valence-corrected chi connectivity index (χ0v) is 12.3. The van der Waals surface area contributed by atoms with Crippen LogP contribution in [0.1, 0.15) is 27.7 Å². The van der Waals surface area contributed by atoms with Crippen LogP contribution < -0.4 is 0 Å². The number of allylic oxidation sites excluding steroid dienone is 4. The second kappa shape index (κ2) is 7.48. The molecule has 0 amide bonds. The Kier molecular flexibility index (Phi) is 6.69. The first-order valence-electron chi connectivity index (χ1n) is 6.40. The molecular weight excluding hydrogens is 256 g/mol. The third kappa shape index (κ3) is 2.90. The molecule has 0 atom stereocenters. The van der Waals surface area contributed by atoms with E-state index in [9.17, 15) is 19.8 Å². The summed E-state index contributed by atoms with van der Waals surface area (Å²) >= 11 is 0. The number of aliphatic carboxylic acids is 2. The Morgan fingerprint density at radius 2 is 0.850 bits per heavy atom. The molecule has 0 aromatic carbocycles. The van der Waals surface area contributed by atoms with E-state index in [2.05, 4.69) is 0 Å². The molecule has 0 fully saturated rings. The standard InChI is InChI=1S/C16H22O4/c1-5-9-15(10-6-2,13(17)18)16(11-7-3,12-8-4)14(19)20/h5-12H,1-4H3,(H,17,18)(H,19,20). The van der Waals surface area contributed by atoms with Gasteiger partial charge in [-0.2, -0.15) is 0 Å². The van der Waals surface area contributed by atoms with Crippen LogP contribution in [-0.2, 0) is 9.59 Å². The largest absolute Gasteiger partial charge is 0.480 e. The molecular formula is C16H22O4. The number of rotatable bonds is 7. The van der Waals surface area contributed by atoms with Crippen LogP contribution >= 0.6 is 0 Å². The highest BCUT2D eigenvalue weighted by Crippen LogP contribution is 2.46. The van der Waals surface area contributed by atoms with Gasteiger partial charge in [0.25, 0.3) is 0 Å². The van der Waals surface area contributed by atoms with Gasteiger partial charge in [-0.05, 0) is 27.7 Å². The van der Waals surface area contributed by atoms with Gasteiger partial charge in [-0.1, -0.05) is 48.6 Å². The van der Waals surface area contributed by atoms with Crippen molar-refractivity contribution in [2.75, 3.05) is 0 Å². The summed E-state index contributed by atoms with van der Waals surface area (Å²) in [5.74, 6) is -2.43. The summed E-state index contributed by atoms with van der Waals surface area (Å²) in [6, 6.07) is 0. The Morgan fingerprint density at radius 3 is 0.950 bits per heavy atom. The summed E-state index contributed by atoms with van der Waals surface area (Å²) in [6.07, 6.45) is 11.8. The molecule has 4 nitrogen and oxygen atoms in total. The van der Waals surface area contributed by atoms with E-state index in [4.69, 9.17) is 0 Å². The fourth-order valence-corrected chi connectivity index (χ4v) is 2.35. The van der Waals surface area contributed by atoms with Gasteiger partial charge < -0.3 is 10.2 Å². The number of carboxylic acid groups (broad SMARTS) is 2. The van der Waals surface area contributed by atoms with Crippen molar-refractivity contribution in [3.05, 3.63) is 48.6 Å². The SMILES string of the molecule is CC=CC(C=CC)(C(=O)O)C(C=CC)(C=CC)C(=O)O. The van der Waals surface area contributed by atoms with Gasteiger partial charge in [0, 0.05) is 0 Å². The van der Waals surface area contributed by atoms with Crippen molar-refractivity contribution in [2.45, 2.75) is 27.7 Å². The lowest BCUT2D eigenvalue weighted by molar-refractivity contribution is -0.158. The van der Waals surface area contributed by atoms with Crippen LogP contribution in [0.25, 0.3) is 0 Å². The molecule has 0 aromatic heterocycles. The normalized spacial score (nSPS) is 18.8. The van der Waals surface area contributed by atoms with Gasteiger partial charge in [-0.25, -0.2) is 0 Å². The highest BCUT2D eigenvalue weighted by molar-refractivity contribution is 5.93. The Bertz CT molecular complexity index is 399. The van der Waals surface area contributed by atoms with Crippen LogP contribution in [0.2, 0.25) is 0 Å². The zero-order valence-electron chi connectivity index (χ0n) is 12.3. The molecule has 20 heavy (non-hydrogen) atoms. The minimum atomic E-state index is -1.68. The third-order valence-corrected chi connectivity index (χ3v) is 3.11. The van der Waals surface area contributed by atoms with Crippen molar-refractivity contribution in [2.24, 2.45) is 10.8 Å². The first-order valence-corrected chi connectivity index (χ1v) is 6.40. The molecule has 0 unspecified atom stereocenters. The predicted molar refractivity (Wildman–Crippen MR) is 79.4 cm³/mol. The number of carboxylic acids is 2. The first-order chi connectivity index (χ1) is 9.38. The topological polar surface area (TPSA) is 74.6 Å². The molecule has 0 saturated carbocycles. The number of hydrogen-bond acceptors (Lipinski definition) is 2. The Balaban J connectivity index is 6.71. The number of carbonyl (C=O) groups is 2. The average Bonchev–Trinajstić information content (AvgIpc) is 2.37. The van der Waals surface area contributed by atoms with Crippen LogP contribution in [0.5, 0.6) is 0 Å². The van der Waals surface area contributed by atoms with E-state index in [-0.39, 0.29) is 0 Å². The lowest BCUT2D eigenvalue weighted by Crippen LogP contribution is -2.48. The zero-order chi connectivity index (χ0) is 15.8. The highest BCUT2D eigenvalue weighted by Gasteiger charge is 2.55. The van der Waals surface area contributed by atoms with Gasteiger partial charge in [0.05, 0.1) is 0 Å². The van der Waals surface area contributed by atoms with E-state index in [1.54, 1.807) is 52.0 Å². The van der Waals surface area contributed by atoms with Crippen molar-refractivity contribution in [1.29, 1.82) is 0 Å². The molecule has 0 rings (SSSR count). The fourth-order valence-electron chi connectivity index (χ4n) is 2.35. The van der Waals surface area contributed by atoms with Gasteiger partial charge in [0.1, 0.15) is 10.8 Å². The summed E-state index contributed by atoms with van der Waals surface area (Å²) < 4.78 is 0. The molecule has 0 spiro atoms. The average molecular weight is 278 g/mol. The quantitative estimate of drug-likeness (QED) is 0.700. The van der Waals surface area contributed by atoms with E-state index in [1.165, 1.54) is 24.3 Å². The Labute approximate surface area is 119 Å². The van der Waals surface area contributed by atoms with Crippen molar-refractivity contribution < 1.29 is 19.8 Å². The van der Waals surface area contributed by atoms with Crippen molar-refractivity contribution in [1.82, 2.24) is 0 Å². The van der Waals surface area contributed by atoms with Gasteiger partial charge in [-0.3, -0.25) is 9.59 Å². The molecule has 0 radical (unpaired) electrons. The molecule has 110 valence electrons. The first kappa shape index (κ1) is 17.9. The minimum Gasteiger partial charge on any atom is -0.480 e. The van der Waals surface area contributed by atoms with E-state index < -0.39 is 22.8 Å². The minimum absolute atomic E-state index is 1.22. The van der Waals surface area contributed by atoms with Crippen LogP contribution in [0.3, 0.4) is 0 Å². The summed E-state index contributed by atoms with van der Waals surface area (Å²) in [5, 5.41) is 19.4. The van der Waals surface area contributed by atoms with Crippen LogP contribution in [0.15, 0.2) is 48.6 Å². The number of hydrogen-bond donors (Lipinski definition) is 2. The Hall–Kier alpha value is -2.10. The summed E-state index contributed by atoms with van der Waals surface area (Å²) in [7, 11) is 0. The van der Waals surface area contributed by atoms with Crippen molar-refractivity contribution >= 4 is 11.9 Å². The van der Waals surface area contributed by atoms with E-state index in [1.807, 2.05) is 0 Å². The monoisotopic (exact) mass is 278 g/mol. The maximum atomic E-state index is 11.9. The van der Waals surface area contributed by atoms with E-state index in [0.717, 1.165) is 0 Å². The third-order valence-electron chi connectivity index (χ3n) is 3.11. The molecule has 0 bridgehead atoms. The molecule has 0 saturated heterocycles.